The molecule has 0 radical (unpaired) electrons. The lowest BCUT2D eigenvalue weighted by atomic mass is 9.91. The Morgan fingerprint density at radius 2 is 0.500 bits per heavy atom. The number of fused-ring (bicyclic) bond motifs is 6. The fourth-order valence-electron chi connectivity index (χ4n) is 8.71. The summed E-state index contributed by atoms with van der Waals surface area (Å²) in [7, 11) is 0. The van der Waals surface area contributed by atoms with Crippen LogP contribution < -0.4 is 0 Å². The first-order valence-corrected chi connectivity index (χ1v) is 17.4. The van der Waals surface area contributed by atoms with Gasteiger partial charge in [-0.25, -0.2) is 0 Å². The second-order valence-electron chi connectivity index (χ2n) is 13.6. The summed E-state index contributed by atoms with van der Waals surface area (Å²) in [6.07, 6.45) is 0. The van der Waals surface area contributed by atoms with Gasteiger partial charge in [-0.2, -0.15) is 0 Å². The first kappa shape index (κ1) is 27.5. The van der Waals surface area contributed by atoms with Gasteiger partial charge in [0, 0.05) is 0 Å². The number of hydrogen-bond acceptors (Lipinski definition) is 0. The lowest BCUT2D eigenvalue weighted by Crippen LogP contribution is -1.86. The minimum Gasteiger partial charge on any atom is -0.0616 e. The normalized spacial score (nSPS) is 12.0. The zero-order valence-electron chi connectivity index (χ0n) is 27.3. The molecule has 11 rings (SSSR count). The second-order valence-corrected chi connectivity index (χ2v) is 13.6. The molecule has 9 aromatic rings. The third kappa shape index (κ3) is 3.94. The number of rotatable bonds is 4. The summed E-state index contributed by atoms with van der Waals surface area (Å²) in [5.74, 6) is 0. The summed E-state index contributed by atoms with van der Waals surface area (Å²) in [4.78, 5) is 0. The molecule has 230 valence electrons. The molecule has 2 aliphatic carbocycles. The van der Waals surface area contributed by atoms with Crippen molar-refractivity contribution < 1.29 is 0 Å². The maximum Gasteiger partial charge on any atom is -0.00201 e. The Labute approximate surface area is 291 Å². The van der Waals surface area contributed by atoms with Gasteiger partial charge in [-0.15, -0.1) is 0 Å². The Morgan fingerprint density at radius 1 is 0.180 bits per heavy atom. The highest BCUT2D eigenvalue weighted by molar-refractivity contribution is 6.20. The van der Waals surface area contributed by atoms with Gasteiger partial charge in [-0.05, 0) is 123 Å². The van der Waals surface area contributed by atoms with Crippen LogP contribution in [-0.4, -0.2) is 0 Å². The molecular weight excluding hydrogens is 601 g/mol. The minimum atomic E-state index is 1.22. The Bertz CT molecular complexity index is 2600. The van der Waals surface area contributed by atoms with E-state index in [9.17, 15) is 0 Å². The van der Waals surface area contributed by atoms with Crippen molar-refractivity contribution in [1.82, 2.24) is 0 Å². The van der Waals surface area contributed by atoms with Crippen LogP contribution in [0, 0.1) is 0 Å². The van der Waals surface area contributed by atoms with Gasteiger partial charge in [0.25, 0.3) is 0 Å². The summed E-state index contributed by atoms with van der Waals surface area (Å²) in [6.45, 7) is 0. The van der Waals surface area contributed by atoms with Crippen LogP contribution in [0.25, 0.3) is 111 Å². The van der Waals surface area contributed by atoms with E-state index < -0.39 is 0 Å². The highest BCUT2D eigenvalue weighted by Gasteiger charge is 2.23. The van der Waals surface area contributed by atoms with Crippen molar-refractivity contribution in [3.8, 4) is 89.0 Å². The van der Waals surface area contributed by atoms with Gasteiger partial charge in [0.2, 0.25) is 0 Å². The van der Waals surface area contributed by atoms with E-state index in [4.69, 9.17) is 0 Å². The predicted molar refractivity (Wildman–Crippen MR) is 212 cm³/mol. The van der Waals surface area contributed by atoms with Crippen molar-refractivity contribution in [3.63, 3.8) is 0 Å². The maximum absolute atomic E-state index is 2.34. The van der Waals surface area contributed by atoms with Gasteiger partial charge in [0.15, 0.2) is 0 Å². The smallest absolute Gasteiger partial charge is 0.00201 e. The van der Waals surface area contributed by atoms with Crippen LogP contribution in [-0.2, 0) is 0 Å². The molecule has 0 N–H and O–H groups in total. The molecule has 0 aromatic heterocycles. The van der Waals surface area contributed by atoms with Gasteiger partial charge < -0.3 is 0 Å². The molecule has 0 spiro atoms. The van der Waals surface area contributed by atoms with Crippen LogP contribution in [0.4, 0.5) is 0 Å². The van der Waals surface area contributed by atoms with Gasteiger partial charge in [0.05, 0.1) is 0 Å². The maximum atomic E-state index is 2.34. The fraction of sp³-hybridized carbons (Fsp3) is 0. The quantitative estimate of drug-likeness (QED) is 0.181. The van der Waals surface area contributed by atoms with E-state index in [1.807, 2.05) is 0 Å². The molecule has 0 heterocycles. The molecular formula is C50H30. The minimum absolute atomic E-state index is 1.22. The first-order valence-electron chi connectivity index (χ1n) is 17.4. The fourth-order valence-corrected chi connectivity index (χ4v) is 8.71. The van der Waals surface area contributed by atoms with Crippen molar-refractivity contribution in [2.75, 3.05) is 0 Å². The average molecular weight is 631 g/mol. The van der Waals surface area contributed by atoms with Crippen molar-refractivity contribution in [3.05, 3.63) is 182 Å². The van der Waals surface area contributed by atoms with Crippen LogP contribution in [0.15, 0.2) is 182 Å². The van der Waals surface area contributed by atoms with Gasteiger partial charge in [0.1, 0.15) is 0 Å². The lowest BCUT2D eigenvalue weighted by Gasteiger charge is -2.12. The second kappa shape index (κ2) is 10.5. The highest BCUT2D eigenvalue weighted by atomic mass is 14.3. The average Bonchev–Trinajstić information content (AvgIpc) is 3.70. The third-order valence-corrected chi connectivity index (χ3v) is 11.0. The number of benzene rings is 9. The highest BCUT2D eigenvalue weighted by Crippen LogP contribution is 2.50. The van der Waals surface area contributed by atoms with Crippen LogP contribution in [0.5, 0.6) is 0 Å². The van der Waals surface area contributed by atoms with E-state index >= 15 is 0 Å². The molecule has 50 heavy (non-hydrogen) atoms. The summed E-state index contributed by atoms with van der Waals surface area (Å²) < 4.78 is 0. The Kier molecular flexibility index (Phi) is 5.76. The van der Waals surface area contributed by atoms with Gasteiger partial charge >= 0.3 is 0 Å². The van der Waals surface area contributed by atoms with Gasteiger partial charge in [-0.1, -0.05) is 170 Å². The molecule has 2 aliphatic rings. The van der Waals surface area contributed by atoms with Crippen molar-refractivity contribution >= 4 is 21.5 Å². The summed E-state index contributed by atoms with van der Waals surface area (Å²) in [5.41, 5.74) is 20.6. The molecule has 0 saturated heterocycles. The zero-order valence-corrected chi connectivity index (χ0v) is 27.3. The van der Waals surface area contributed by atoms with Crippen LogP contribution >= 0.6 is 0 Å². The lowest BCUT2D eigenvalue weighted by molar-refractivity contribution is 1.58. The van der Waals surface area contributed by atoms with E-state index in [1.54, 1.807) is 0 Å². The third-order valence-electron chi connectivity index (χ3n) is 11.0. The van der Waals surface area contributed by atoms with E-state index in [0.717, 1.165) is 0 Å². The zero-order chi connectivity index (χ0) is 32.8. The van der Waals surface area contributed by atoms with Crippen LogP contribution in [0.3, 0.4) is 0 Å². The van der Waals surface area contributed by atoms with E-state index in [0.29, 0.717) is 0 Å². The molecule has 0 heteroatoms. The molecule has 0 saturated carbocycles. The molecule has 0 unspecified atom stereocenters. The topological polar surface area (TPSA) is 0 Å². The Hall–Kier alpha value is -6.50. The van der Waals surface area contributed by atoms with E-state index in [1.165, 1.54) is 111 Å². The Morgan fingerprint density at radius 3 is 0.920 bits per heavy atom. The summed E-state index contributed by atoms with van der Waals surface area (Å²) in [5, 5.41) is 5.36. The molecule has 0 bridgehead atoms. The van der Waals surface area contributed by atoms with Gasteiger partial charge in [-0.3, -0.25) is 0 Å². The van der Waals surface area contributed by atoms with Crippen molar-refractivity contribution in [1.29, 1.82) is 0 Å². The van der Waals surface area contributed by atoms with Crippen molar-refractivity contribution in [2.45, 2.75) is 0 Å². The molecule has 0 fully saturated rings. The number of hydrogen-bond donors (Lipinski definition) is 0. The largest absolute Gasteiger partial charge is 0.0616 e. The van der Waals surface area contributed by atoms with Crippen molar-refractivity contribution in [2.24, 2.45) is 0 Å². The molecule has 0 aliphatic heterocycles. The molecule has 9 aromatic carbocycles. The monoisotopic (exact) mass is 630 g/mol. The molecule has 0 amide bonds. The molecule has 0 atom stereocenters. The van der Waals surface area contributed by atoms with E-state index in [-0.39, 0.29) is 0 Å². The molecule has 0 nitrogen and oxygen atoms in total. The summed E-state index contributed by atoms with van der Waals surface area (Å²) in [6, 6.07) is 67.4. The SMILES string of the molecule is c1cc(-c2ccc(-c3cccc(-c4ccc5c6c(cccc46)-c4ccccc4-5)c3)cc2)cc(-c2ccc3c4c(cccc24)-c2ccccc2-3)c1. The van der Waals surface area contributed by atoms with Crippen LogP contribution in [0.1, 0.15) is 0 Å². The van der Waals surface area contributed by atoms with Crippen LogP contribution in [0.2, 0.25) is 0 Å². The summed E-state index contributed by atoms with van der Waals surface area (Å²) >= 11 is 0. The van der Waals surface area contributed by atoms with E-state index in [2.05, 4.69) is 182 Å². The first-order chi connectivity index (χ1) is 24.8. The Balaban J connectivity index is 0.936. The predicted octanol–water partition coefficient (Wildman–Crippen LogP) is 14.0. The standard InChI is InChI=1S/C50H30/c1-3-15-41-39(13-1)45-19-7-17-43-37(25-27-47(41)49(43)45)35-11-5-9-33(29-35)31-21-23-32(24-22-31)34-10-6-12-36(30-34)38-26-28-48-42-16-4-2-14-40(42)46-20-8-18-44(38)50(46)48/h1-30H.